The molecular formula is C29H28N2O6. The molecule has 0 radical (unpaired) electrons. The van der Waals surface area contributed by atoms with Crippen molar-refractivity contribution in [3.8, 4) is 5.75 Å². The van der Waals surface area contributed by atoms with E-state index in [2.05, 4.69) is 6.92 Å². The van der Waals surface area contributed by atoms with Gasteiger partial charge in [0.15, 0.2) is 0 Å². The first kappa shape index (κ1) is 25.6. The summed E-state index contributed by atoms with van der Waals surface area (Å²) >= 11 is 0. The Balaban J connectivity index is 1.77. The molecule has 1 aliphatic heterocycles. The molecule has 1 atom stereocenters. The van der Waals surface area contributed by atoms with Gasteiger partial charge in [-0.3, -0.25) is 19.7 Å². The molecule has 1 saturated heterocycles. The first-order valence-electron chi connectivity index (χ1n) is 12.2. The molecular weight excluding hydrogens is 472 g/mol. The van der Waals surface area contributed by atoms with Crippen LogP contribution in [-0.2, 0) is 16.0 Å². The van der Waals surface area contributed by atoms with Crippen molar-refractivity contribution in [2.45, 2.75) is 32.2 Å². The number of benzene rings is 3. The van der Waals surface area contributed by atoms with Crippen LogP contribution in [0.4, 0.5) is 5.69 Å². The van der Waals surface area contributed by atoms with E-state index in [0.717, 1.165) is 18.4 Å². The third-order valence-corrected chi connectivity index (χ3v) is 6.30. The number of nitro groups is 1. The number of nitro benzene ring substituents is 1. The molecule has 1 amide bonds. The van der Waals surface area contributed by atoms with Gasteiger partial charge in [-0.1, -0.05) is 67.9 Å². The maximum atomic E-state index is 13.3. The lowest BCUT2D eigenvalue weighted by atomic mass is 9.94. The Hall–Kier alpha value is -4.46. The Bertz CT molecular complexity index is 1330. The molecule has 0 saturated carbocycles. The van der Waals surface area contributed by atoms with E-state index in [-0.39, 0.29) is 23.6 Å². The molecule has 1 aliphatic rings. The number of rotatable bonds is 10. The number of ether oxygens (including phenoxy) is 1. The van der Waals surface area contributed by atoms with Gasteiger partial charge in [0.25, 0.3) is 17.4 Å². The van der Waals surface area contributed by atoms with E-state index in [0.29, 0.717) is 29.9 Å². The molecule has 1 unspecified atom stereocenters. The summed E-state index contributed by atoms with van der Waals surface area (Å²) in [6, 6.07) is 21.0. The van der Waals surface area contributed by atoms with Crippen LogP contribution in [0.15, 0.2) is 84.4 Å². The second-order valence-electron chi connectivity index (χ2n) is 8.81. The van der Waals surface area contributed by atoms with Crippen molar-refractivity contribution in [2.24, 2.45) is 0 Å². The average molecular weight is 501 g/mol. The van der Waals surface area contributed by atoms with Gasteiger partial charge in [-0.05, 0) is 36.1 Å². The third-order valence-electron chi connectivity index (χ3n) is 6.30. The fourth-order valence-corrected chi connectivity index (χ4v) is 4.38. The number of hydrogen-bond donors (Lipinski definition) is 1. The number of likely N-dealkylation sites (tertiary alicyclic amines) is 1. The summed E-state index contributed by atoms with van der Waals surface area (Å²) in [6.07, 6.45) is 2.31. The van der Waals surface area contributed by atoms with Gasteiger partial charge < -0.3 is 14.7 Å². The number of aliphatic hydroxyl groups excluding tert-OH is 1. The predicted molar refractivity (Wildman–Crippen MR) is 139 cm³/mol. The van der Waals surface area contributed by atoms with Crippen LogP contribution in [-0.4, -0.2) is 39.8 Å². The highest BCUT2D eigenvalue weighted by Gasteiger charge is 2.46. The number of carbonyl (C=O) groups is 2. The zero-order valence-electron chi connectivity index (χ0n) is 20.5. The minimum atomic E-state index is -0.978. The Morgan fingerprint density at radius 1 is 1.03 bits per heavy atom. The van der Waals surface area contributed by atoms with Crippen LogP contribution in [0.5, 0.6) is 5.75 Å². The van der Waals surface area contributed by atoms with E-state index in [4.69, 9.17) is 4.74 Å². The molecule has 1 N–H and O–H groups in total. The fourth-order valence-electron chi connectivity index (χ4n) is 4.38. The van der Waals surface area contributed by atoms with Crippen molar-refractivity contribution in [2.75, 3.05) is 13.2 Å². The molecule has 1 fully saturated rings. The van der Waals surface area contributed by atoms with Gasteiger partial charge in [0.1, 0.15) is 11.5 Å². The van der Waals surface area contributed by atoms with Gasteiger partial charge in [-0.25, -0.2) is 0 Å². The molecule has 0 aliphatic carbocycles. The number of non-ortho nitro benzene ring substituents is 1. The molecule has 0 spiro atoms. The summed E-state index contributed by atoms with van der Waals surface area (Å²) in [5.74, 6) is -1.41. The van der Waals surface area contributed by atoms with Gasteiger partial charge >= 0.3 is 0 Å². The van der Waals surface area contributed by atoms with Crippen LogP contribution in [0.1, 0.15) is 42.5 Å². The van der Waals surface area contributed by atoms with Crippen molar-refractivity contribution in [1.82, 2.24) is 4.90 Å². The number of nitrogens with zero attached hydrogens (tertiary/aromatic N) is 2. The molecule has 0 aromatic heterocycles. The van der Waals surface area contributed by atoms with Gasteiger partial charge in [0, 0.05) is 24.2 Å². The summed E-state index contributed by atoms with van der Waals surface area (Å²) in [6.45, 7) is 2.76. The van der Waals surface area contributed by atoms with Crippen molar-refractivity contribution >= 4 is 23.1 Å². The van der Waals surface area contributed by atoms with Crippen LogP contribution in [0, 0.1) is 10.1 Å². The van der Waals surface area contributed by atoms with E-state index in [1.54, 1.807) is 30.3 Å². The molecule has 37 heavy (non-hydrogen) atoms. The minimum absolute atomic E-state index is 0.107. The normalized spacial score (nSPS) is 16.7. The van der Waals surface area contributed by atoms with Crippen LogP contribution < -0.4 is 4.74 Å². The van der Waals surface area contributed by atoms with Gasteiger partial charge in [-0.2, -0.15) is 0 Å². The summed E-state index contributed by atoms with van der Waals surface area (Å²) in [4.78, 5) is 38.8. The summed E-state index contributed by atoms with van der Waals surface area (Å²) in [5.41, 5.74) is 1.39. The first-order chi connectivity index (χ1) is 17.9. The van der Waals surface area contributed by atoms with Crippen LogP contribution in [0.25, 0.3) is 5.76 Å². The topological polar surface area (TPSA) is 110 Å². The van der Waals surface area contributed by atoms with E-state index in [9.17, 15) is 24.8 Å². The van der Waals surface area contributed by atoms with Crippen LogP contribution in [0.2, 0.25) is 0 Å². The fraction of sp³-hybridized carbons (Fsp3) is 0.241. The van der Waals surface area contributed by atoms with E-state index in [1.165, 1.54) is 23.1 Å². The molecule has 1 heterocycles. The lowest BCUT2D eigenvalue weighted by molar-refractivity contribution is -0.384. The molecule has 4 rings (SSSR count). The molecule has 3 aromatic rings. The molecule has 190 valence electrons. The van der Waals surface area contributed by atoms with Crippen molar-refractivity contribution in [3.63, 3.8) is 0 Å². The predicted octanol–water partition coefficient (Wildman–Crippen LogP) is 5.44. The quantitative estimate of drug-likeness (QED) is 0.0992. The number of carbonyl (C=O) groups excluding carboxylic acids is 2. The highest BCUT2D eigenvalue weighted by Crippen LogP contribution is 2.40. The maximum absolute atomic E-state index is 13.3. The monoisotopic (exact) mass is 500 g/mol. The first-order valence-corrected chi connectivity index (χ1v) is 12.2. The number of ketones is 1. The average Bonchev–Trinajstić information content (AvgIpc) is 3.17. The number of unbranched alkanes of at least 4 members (excludes halogenated alkanes) is 1. The van der Waals surface area contributed by atoms with Gasteiger partial charge in [0.05, 0.1) is 23.1 Å². The molecule has 8 heteroatoms. The summed E-state index contributed by atoms with van der Waals surface area (Å²) < 4.78 is 5.74. The largest absolute Gasteiger partial charge is 0.507 e. The Morgan fingerprint density at radius 2 is 1.78 bits per heavy atom. The lowest BCUT2D eigenvalue weighted by Gasteiger charge is -2.25. The number of hydrogen-bond acceptors (Lipinski definition) is 6. The summed E-state index contributed by atoms with van der Waals surface area (Å²) in [7, 11) is 0. The highest BCUT2D eigenvalue weighted by atomic mass is 16.6. The second kappa shape index (κ2) is 11.5. The SMILES string of the molecule is CCCCOc1cccc(/C(O)=C2\C(=O)C(=O)N(CCc3ccccc3)C2c2cccc([N+](=O)[O-])c2)c1. The van der Waals surface area contributed by atoms with E-state index >= 15 is 0 Å². The maximum Gasteiger partial charge on any atom is 0.295 e. The standard InChI is InChI=1S/C29H28N2O6/c1-2-3-17-37-24-14-8-12-22(19-24)27(32)25-26(21-11-7-13-23(18-21)31(35)36)30(29(34)28(25)33)16-15-20-9-5-4-6-10-20/h4-14,18-19,26,32H,2-3,15-17H2,1H3/b27-25+. The Labute approximate surface area is 215 Å². The lowest BCUT2D eigenvalue weighted by Crippen LogP contribution is -2.31. The Kier molecular flexibility index (Phi) is 7.98. The van der Waals surface area contributed by atoms with Crippen LogP contribution >= 0.6 is 0 Å². The van der Waals surface area contributed by atoms with E-state index in [1.807, 2.05) is 30.3 Å². The molecule has 3 aromatic carbocycles. The number of amides is 1. The second-order valence-corrected chi connectivity index (χ2v) is 8.81. The van der Waals surface area contributed by atoms with Gasteiger partial charge in [-0.15, -0.1) is 0 Å². The van der Waals surface area contributed by atoms with Crippen molar-refractivity contribution in [1.29, 1.82) is 0 Å². The van der Waals surface area contributed by atoms with E-state index < -0.39 is 22.7 Å². The van der Waals surface area contributed by atoms with Crippen molar-refractivity contribution in [3.05, 3.63) is 111 Å². The zero-order valence-corrected chi connectivity index (χ0v) is 20.5. The smallest absolute Gasteiger partial charge is 0.295 e. The third kappa shape index (κ3) is 5.69. The molecule has 8 nitrogen and oxygen atoms in total. The zero-order chi connectivity index (χ0) is 26.4. The molecule has 0 bridgehead atoms. The summed E-state index contributed by atoms with van der Waals surface area (Å²) in [5, 5.41) is 22.8. The van der Waals surface area contributed by atoms with Crippen LogP contribution in [0.3, 0.4) is 0 Å². The number of Topliss-reactive ketones (excluding diaryl/α,β-unsaturated/α-hetero) is 1. The van der Waals surface area contributed by atoms with Gasteiger partial charge in [0.2, 0.25) is 0 Å². The minimum Gasteiger partial charge on any atom is -0.507 e. The highest BCUT2D eigenvalue weighted by molar-refractivity contribution is 6.46. The number of aliphatic hydroxyl groups is 1. The van der Waals surface area contributed by atoms with Crippen molar-refractivity contribution < 1.29 is 24.4 Å². The Morgan fingerprint density at radius 3 is 2.51 bits per heavy atom.